The van der Waals surface area contributed by atoms with Gasteiger partial charge in [0.15, 0.2) is 0 Å². The molecule has 1 aliphatic heterocycles. The van der Waals surface area contributed by atoms with Crippen molar-refractivity contribution in [3.63, 3.8) is 0 Å². The zero-order valence-electron chi connectivity index (χ0n) is 16.5. The number of anilines is 1. The number of halogens is 4. The van der Waals surface area contributed by atoms with E-state index >= 15 is 0 Å². The van der Waals surface area contributed by atoms with Gasteiger partial charge in [-0.3, -0.25) is 4.79 Å². The van der Waals surface area contributed by atoms with Crippen LogP contribution in [0.25, 0.3) is 5.69 Å². The average molecular weight is 447 g/mol. The lowest BCUT2D eigenvalue weighted by Gasteiger charge is -2.34. The van der Waals surface area contributed by atoms with Gasteiger partial charge in [-0.05, 0) is 30.9 Å². The van der Waals surface area contributed by atoms with Gasteiger partial charge < -0.3 is 10.2 Å². The predicted molar refractivity (Wildman–Crippen MR) is 103 cm³/mol. The number of carbonyl (C=O) groups is 1. The SMILES string of the molecule is O=C(c1c(F)cccc1-n1nccn1)N1C[C@H]2C[C@@H](Nc3ncc(C(F)(F)F)cn3)[C@@H]1C2. The lowest BCUT2D eigenvalue weighted by Crippen LogP contribution is -2.48. The summed E-state index contributed by atoms with van der Waals surface area (Å²) in [5.41, 5.74) is -0.828. The monoisotopic (exact) mass is 447 g/mol. The topological polar surface area (TPSA) is 88.8 Å². The molecule has 2 fully saturated rings. The highest BCUT2D eigenvalue weighted by Crippen LogP contribution is 2.40. The fourth-order valence-corrected chi connectivity index (χ4v) is 4.50. The van der Waals surface area contributed by atoms with Crippen LogP contribution in [0, 0.1) is 11.7 Å². The summed E-state index contributed by atoms with van der Waals surface area (Å²) >= 11 is 0. The minimum atomic E-state index is -4.52. The molecule has 2 aliphatic rings. The number of carbonyl (C=O) groups excluding carboxylic acids is 1. The molecule has 3 heterocycles. The van der Waals surface area contributed by atoms with Crippen molar-refractivity contribution in [2.45, 2.75) is 31.1 Å². The molecule has 1 N–H and O–H groups in total. The molecule has 0 radical (unpaired) electrons. The highest BCUT2D eigenvalue weighted by Gasteiger charge is 2.48. The number of likely N-dealkylation sites (tertiary alicyclic amines) is 1. The van der Waals surface area contributed by atoms with Crippen LogP contribution in [0.4, 0.5) is 23.5 Å². The molecule has 1 aliphatic carbocycles. The number of benzene rings is 1. The first-order chi connectivity index (χ1) is 15.3. The van der Waals surface area contributed by atoms with Crippen LogP contribution >= 0.6 is 0 Å². The van der Waals surface area contributed by atoms with E-state index in [0.717, 1.165) is 0 Å². The maximum absolute atomic E-state index is 14.7. The predicted octanol–water partition coefficient (Wildman–Crippen LogP) is 2.93. The average Bonchev–Trinajstić information content (AvgIpc) is 3.50. The van der Waals surface area contributed by atoms with E-state index in [1.54, 1.807) is 11.0 Å². The minimum Gasteiger partial charge on any atom is -0.349 e. The Morgan fingerprint density at radius 1 is 1.09 bits per heavy atom. The zero-order valence-corrected chi connectivity index (χ0v) is 16.5. The molecule has 1 saturated carbocycles. The van der Waals surface area contributed by atoms with E-state index in [4.69, 9.17) is 0 Å². The van der Waals surface area contributed by atoms with Gasteiger partial charge in [0, 0.05) is 25.0 Å². The van der Waals surface area contributed by atoms with Gasteiger partial charge in [-0.25, -0.2) is 14.4 Å². The Morgan fingerprint density at radius 2 is 1.81 bits per heavy atom. The fourth-order valence-electron chi connectivity index (χ4n) is 4.50. The van der Waals surface area contributed by atoms with Crippen LogP contribution in [0.2, 0.25) is 0 Å². The summed E-state index contributed by atoms with van der Waals surface area (Å²) in [7, 11) is 0. The third-order valence-electron chi connectivity index (χ3n) is 5.88. The Balaban J connectivity index is 1.37. The van der Waals surface area contributed by atoms with Crippen LogP contribution in [0.5, 0.6) is 0 Å². The Kier molecular flexibility index (Phi) is 4.79. The quantitative estimate of drug-likeness (QED) is 0.619. The van der Waals surface area contributed by atoms with Gasteiger partial charge in [-0.1, -0.05) is 6.07 Å². The van der Waals surface area contributed by atoms with Crippen molar-refractivity contribution >= 4 is 11.9 Å². The Bertz CT molecular complexity index is 1130. The van der Waals surface area contributed by atoms with Crippen molar-refractivity contribution < 1.29 is 22.4 Å². The molecule has 2 aromatic heterocycles. The molecule has 1 saturated heterocycles. The molecule has 1 aromatic carbocycles. The number of hydrogen-bond acceptors (Lipinski definition) is 6. The standard InChI is InChI=1S/C20H17F4N7O/c21-13-2-1-3-15(31-27-4-5-28-31)17(13)18(32)30-10-11-6-14(16(30)7-11)29-19-25-8-12(9-26-19)20(22,23)24/h1-5,8-9,11,14,16H,6-7,10H2,(H,25,26,29)/t11-,14+,16-/m0/s1. The molecule has 1 amide bonds. The number of fused-ring (bicyclic) bond motifs is 2. The van der Waals surface area contributed by atoms with Gasteiger partial charge in [0.1, 0.15) is 17.1 Å². The summed E-state index contributed by atoms with van der Waals surface area (Å²) in [6.45, 7) is 0.468. The normalized spacial score (nSPS) is 22.4. The van der Waals surface area contributed by atoms with Gasteiger partial charge in [-0.15, -0.1) is 0 Å². The second kappa shape index (κ2) is 7.53. The molecule has 2 bridgehead atoms. The van der Waals surface area contributed by atoms with Crippen molar-refractivity contribution in [3.8, 4) is 5.69 Å². The van der Waals surface area contributed by atoms with E-state index in [0.29, 0.717) is 31.8 Å². The van der Waals surface area contributed by atoms with Crippen LogP contribution in [0.1, 0.15) is 28.8 Å². The third kappa shape index (κ3) is 3.55. The number of piperidine rings is 1. The molecule has 5 rings (SSSR count). The van der Waals surface area contributed by atoms with Crippen molar-refractivity contribution in [3.05, 3.63) is 59.9 Å². The Labute approximate surface area is 179 Å². The number of nitrogens with zero attached hydrogens (tertiary/aromatic N) is 6. The third-order valence-corrected chi connectivity index (χ3v) is 5.88. The van der Waals surface area contributed by atoms with Crippen LogP contribution in [0.3, 0.4) is 0 Å². The first-order valence-electron chi connectivity index (χ1n) is 9.93. The first-order valence-corrected chi connectivity index (χ1v) is 9.93. The number of hydrogen-bond donors (Lipinski definition) is 1. The maximum Gasteiger partial charge on any atom is 0.419 e. The lowest BCUT2D eigenvalue weighted by molar-refractivity contribution is -0.138. The van der Waals surface area contributed by atoms with Gasteiger partial charge in [0.05, 0.1) is 24.0 Å². The number of rotatable bonds is 4. The van der Waals surface area contributed by atoms with Gasteiger partial charge >= 0.3 is 6.18 Å². The van der Waals surface area contributed by atoms with Crippen molar-refractivity contribution in [1.29, 1.82) is 0 Å². The van der Waals surface area contributed by atoms with Crippen LogP contribution < -0.4 is 5.32 Å². The molecule has 8 nitrogen and oxygen atoms in total. The largest absolute Gasteiger partial charge is 0.419 e. The molecule has 3 atom stereocenters. The molecule has 166 valence electrons. The summed E-state index contributed by atoms with van der Waals surface area (Å²) in [6, 6.07) is 3.73. The number of aromatic nitrogens is 5. The van der Waals surface area contributed by atoms with E-state index in [1.165, 1.54) is 29.3 Å². The Hall–Kier alpha value is -3.57. The molecule has 12 heteroatoms. The summed E-state index contributed by atoms with van der Waals surface area (Å²) in [4.78, 5) is 23.7. The molecular weight excluding hydrogens is 430 g/mol. The lowest BCUT2D eigenvalue weighted by atomic mass is 10.0. The highest BCUT2D eigenvalue weighted by molar-refractivity contribution is 5.98. The second-order valence-corrected chi connectivity index (χ2v) is 7.86. The Morgan fingerprint density at radius 3 is 2.47 bits per heavy atom. The molecule has 3 aromatic rings. The highest BCUT2D eigenvalue weighted by atomic mass is 19.4. The minimum absolute atomic E-state index is 0.0512. The number of alkyl halides is 3. The summed E-state index contributed by atoms with van der Waals surface area (Å²) in [5.74, 6) is -0.921. The number of nitrogens with one attached hydrogen (secondary N) is 1. The van der Waals surface area contributed by atoms with Gasteiger partial charge in [0.2, 0.25) is 5.95 Å². The van der Waals surface area contributed by atoms with E-state index in [9.17, 15) is 22.4 Å². The van der Waals surface area contributed by atoms with Gasteiger partial charge in [0.25, 0.3) is 5.91 Å². The van der Waals surface area contributed by atoms with Crippen LogP contribution in [0.15, 0.2) is 43.0 Å². The van der Waals surface area contributed by atoms with E-state index < -0.39 is 23.5 Å². The van der Waals surface area contributed by atoms with E-state index in [2.05, 4.69) is 25.5 Å². The van der Waals surface area contributed by atoms with Crippen LogP contribution in [-0.2, 0) is 6.18 Å². The zero-order chi connectivity index (χ0) is 22.5. The van der Waals surface area contributed by atoms with Crippen LogP contribution in [-0.4, -0.2) is 54.4 Å². The summed E-state index contributed by atoms with van der Waals surface area (Å²) < 4.78 is 52.9. The smallest absolute Gasteiger partial charge is 0.349 e. The molecule has 0 spiro atoms. The number of amides is 1. The fraction of sp³-hybridized carbons (Fsp3) is 0.350. The first kappa shape index (κ1) is 20.3. The van der Waals surface area contributed by atoms with Crippen molar-refractivity contribution in [1.82, 2.24) is 29.9 Å². The van der Waals surface area contributed by atoms with E-state index in [-0.39, 0.29) is 35.2 Å². The summed E-state index contributed by atoms with van der Waals surface area (Å²) in [6.07, 6.45) is 1.19. The molecule has 32 heavy (non-hydrogen) atoms. The van der Waals surface area contributed by atoms with Crippen molar-refractivity contribution in [2.75, 3.05) is 11.9 Å². The molecular formula is C20H17F4N7O. The molecule has 0 unspecified atom stereocenters. The van der Waals surface area contributed by atoms with Crippen molar-refractivity contribution in [2.24, 2.45) is 5.92 Å². The second-order valence-electron chi connectivity index (χ2n) is 7.86. The van der Waals surface area contributed by atoms with E-state index in [1.807, 2.05) is 0 Å². The maximum atomic E-state index is 14.7. The van der Waals surface area contributed by atoms with Gasteiger partial charge in [-0.2, -0.15) is 28.2 Å². The summed E-state index contributed by atoms with van der Waals surface area (Å²) in [5, 5.41) is 11.0.